The van der Waals surface area contributed by atoms with E-state index in [-0.39, 0.29) is 5.91 Å². The molecule has 0 unspecified atom stereocenters. The number of nitrogens with zero attached hydrogens (tertiary/aromatic N) is 5. The Hall–Kier alpha value is -4.27. The Labute approximate surface area is 232 Å². The highest BCUT2D eigenvalue weighted by Crippen LogP contribution is 2.35. The van der Waals surface area contributed by atoms with Gasteiger partial charge >= 0.3 is 0 Å². The smallest absolute Gasteiger partial charge is 0.224 e. The molecule has 5 aromatic rings. The summed E-state index contributed by atoms with van der Waals surface area (Å²) >= 11 is 0. The zero-order valence-electron chi connectivity index (χ0n) is 22.6. The Balaban J connectivity index is 1.17. The van der Waals surface area contributed by atoms with Gasteiger partial charge in [0.1, 0.15) is 5.69 Å². The van der Waals surface area contributed by atoms with Gasteiger partial charge in [0.25, 0.3) is 0 Å². The summed E-state index contributed by atoms with van der Waals surface area (Å²) < 4.78 is 0. The first-order valence-corrected chi connectivity index (χ1v) is 14.5. The average Bonchev–Trinajstić information content (AvgIpc) is 3.62. The molecule has 1 aliphatic carbocycles. The fourth-order valence-electron chi connectivity index (χ4n) is 6.34. The van der Waals surface area contributed by atoms with Crippen LogP contribution in [0.2, 0.25) is 0 Å². The van der Waals surface area contributed by atoms with E-state index in [1.807, 2.05) is 24.5 Å². The van der Waals surface area contributed by atoms with Crippen LogP contribution in [0.25, 0.3) is 44.5 Å². The van der Waals surface area contributed by atoms with E-state index in [9.17, 15) is 4.79 Å². The van der Waals surface area contributed by atoms with E-state index < -0.39 is 0 Å². The molecule has 204 valence electrons. The Morgan fingerprint density at radius 2 is 1.70 bits per heavy atom. The number of carbonyl (C=O) groups is 1. The first-order valence-electron chi connectivity index (χ1n) is 14.5. The average molecular weight is 535 g/mol. The number of anilines is 2. The van der Waals surface area contributed by atoms with Gasteiger partial charge in [-0.25, -0.2) is 0 Å². The summed E-state index contributed by atoms with van der Waals surface area (Å²) in [5.74, 6) is 0.549. The van der Waals surface area contributed by atoms with Crippen LogP contribution >= 0.6 is 0 Å². The number of aromatic amines is 2. The first-order chi connectivity index (χ1) is 19.7. The van der Waals surface area contributed by atoms with E-state index in [2.05, 4.69) is 46.4 Å². The van der Waals surface area contributed by atoms with Crippen LogP contribution in [0.4, 0.5) is 11.4 Å². The SMILES string of the molecule is O=C(CC1CCCCC1)Nc1cncc(-c2cc3c(-c4cc5c(N6CCCCC6)cncc5[nH]4)n[nH]c3cn2)c1. The van der Waals surface area contributed by atoms with Crippen molar-refractivity contribution < 1.29 is 4.79 Å². The Kier molecular flexibility index (Phi) is 6.63. The lowest BCUT2D eigenvalue weighted by molar-refractivity contribution is -0.117. The highest BCUT2D eigenvalue weighted by molar-refractivity contribution is 6.00. The van der Waals surface area contributed by atoms with Gasteiger partial charge in [0.05, 0.1) is 58.6 Å². The van der Waals surface area contributed by atoms with Crippen LogP contribution in [-0.4, -0.2) is 49.1 Å². The number of piperidine rings is 1. The molecule has 2 fully saturated rings. The molecule has 1 amide bonds. The number of hydrogen-bond donors (Lipinski definition) is 3. The molecule has 1 saturated heterocycles. The van der Waals surface area contributed by atoms with Crippen molar-refractivity contribution in [3.8, 4) is 22.6 Å². The van der Waals surface area contributed by atoms with Gasteiger partial charge in [0.2, 0.25) is 5.91 Å². The Bertz CT molecular complexity index is 1660. The summed E-state index contributed by atoms with van der Waals surface area (Å²) in [7, 11) is 0. The fourth-order valence-corrected chi connectivity index (χ4v) is 6.34. The zero-order chi connectivity index (χ0) is 26.9. The third-order valence-electron chi connectivity index (χ3n) is 8.44. The van der Waals surface area contributed by atoms with Gasteiger partial charge in [-0.05, 0) is 56.2 Å². The van der Waals surface area contributed by atoms with E-state index in [1.165, 1.54) is 44.2 Å². The summed E-state index contributed by atoms with van der Waals surface area (Å²) in [6.07, 6.45) is 19.5. The fraction of sp³-hybridized carbons (Fsp3) is 0.387. The molecule has 0 bridgehead atoms. The number of nitrogens with one attached hydrogen (secondary N) is 3. The maximum Gasteiger partial charge on any atom is 0.224 e. The minimum absolute atomic E-state index is 0.0589. The number of fused-ring (bicyclic) bond motifs is 2. The van der Waals surface area contributed by atoms with Gasteiger partial charge in [-0.1, -0.05) is 19.3 Å². The molecule has 1 saturated carbocycles. The first kappa shape index (κ1) is 24.7. The van der Waals surface area contributed by atoms with Gasteiger partial charge in [-0.15, -0.1) is 0 Å². The molecule has 0 aromatic carbocycles. The number of rotatable bonds is 6. The number of carbonyl (C=O) groups excluding carboxylic acids is 1. The lowest BCUT2D eigenvalue weighted by Gasteiger charge is -2.28. The van der Waals surface area contributed by atoms with Crippen molar-refractivity contribution in [2.75, 3.05) is 23.3 Å². The Morgan fingerprint density at radius 1 is 0.875 bits per heavy atom. The summed E-state index contributed by atoms with van der Waals surface area (Å²) in [4.78, 5) is 32.2. The van der Waals surface area contributed by atoms with Crippen LogP contribution in [0.3, 0.4) is 0 Å². The van der Waals surface area contributed by atoms with Crippen molar-refractivity contribution in [2.24, 2.45) is 5.92 Å². The molecule has 0 radical (unpaired) electrons. The molecule has 6 heterocycles. The summed E-state index contributed by atoms with van der Waals surface area (Å²) in [6.45, 7) is 2.13. The van der Waals surface area contributed by atoms with E-state index in [0.717, 1.165) is 70.4 Å². The molecule has 3 N–H and O–H groups in total. The van der Waals surface area contributed by atoms with Crippen LogP contribution in [0.1, 0.15) is 57.8 Å². The highest BCUT2D eigenvalue weighted by Gasteiger charge is 2.19. The molecule has 0 spiro atoms. The van der Waals surface area contributed by atoms with Crippen molar-refractivity contribution in [1.29, 1.82) is 0 Å². The molecule has 2 aliphatic rings. The second-order valence-corrected chi connectivity index (χ2v) is 11.3. The highest BCUT2D eigenvalue weighted by atomic mass is 16.1. The minimum Gasteiger partial charge on any atom is -0.370 e. The lowest BCUT2D eigenvalue weighted by Crippen LogP contribution is -2.29. The van der Waals surface area contributed by atoms with Crippen LogP contribution in [0, 0.1) is 5.92 Å². The minimum atomic E-state index is 0.0589. The van der Waals surface area contributed by atoms with Crippen molar-refractivity contribution >= 4 is 39.1 Å². The van der Waals surface area contributed by atoms with Crippen molar-refractivity contribution in [2.45, 2.75) is 57.8 Å². The molecule has 9 heteroatoms. The van der Waals surface area contributed by atoms with Crippen LogP contribution in [-0.2, 0) is 4.79 Å². The standard InChI is InChI=1S/C31H34N8O/c40-30(11-20-7-3-1-4-8-20)35-22-12-21(15-32-16-22)25-14-24-28(18-34-25)37-38-31(24)26-13-23-27(36-26)17-33-19-29(23)39-9-5-2-6-10-39/h12-20,36H,1-11H2,(H,35,40)(H,37,38). The van der Waals surface area contributed by atoms with Crippen LogP contribution in [0.5, 0.6) is 0 Å². The number of pyridine rings is 3. The maximum atomic E-state index is 12.7. The normalized spacial score (nSPS) is 16.6. The van der Waals surface area contributed by atoms with Crippen LogP contribution < -0.4 is 10.2 Å². The molecule has 1 aliphatic heterocycles. The third-order valence-corrected chi connectivity index (χ3v) is 8.44. The van der Waals surface area contributed by atoms with Gasteiger partial charge in [0, 0.05) is 42.0 Å². The van der Waals surface area contributed by atoms with Crippen molar-refractivity contribution in [1.82, 2.24) is 30.1 Å². The number of aromatic nitrogens is 6. The predicted molar refractivity (Wildman–Crippen MR) is 158 cm³/mol. The summed E-state index contributed by atoms with van der Waals surface area (Å²) in [5.41, 5.74) is 7.13. The summed E-state index contributed by atoms with van der Waals surface area (Å²) in [6, 6.07) is 6.16. The molecule has 5 aromatic heterocycles. The van der Waals surface area contributed by atoms with Gasteiger partial charge < -0.3 is 15.2 Å². The second kappa shape index (κ2) is 10.7. The molecule has 40 heavy (non-hydrogen) atoms. The molecular weight excluding hydrogens is 500 g/mol. The van der Waals surface area contributed by atoms with Gasteiger partial charge in [-0.3, -0.25) is 24.8 Å². The third kappa shape index (κ3) is 4.92. The number of amides is 1. The molecule has 9 nitrogen and oxygen atoms in total. The lowest BCUT2D eigenvalue weighted by atomic mass is 9.87. The second-order valence-electron chi connectivity index (χ2n) is 11.3. The van der Waals surface area contributed by atoms with Gasteiger partial charge in [-0.2, -0.15) is 5.10 Å². The summed E-state index contributed by atoms with van der Waals surface area (Å²) in [5, 5.41) is 13.0. The van der Waals surface area contributed by atoms with Gasteiger partial charge in [0.15, 0.2) is 0 Å². The molecular formula is C31H34N8O. The van der Waals surface area contributed by atoms with Crippen LogP contribution in [0.15, 0.2) is 49.2 Å². The number of hydrogen-bond acceptors (Lipinski definition) is 6. The predicted octanol–water partition coefficient (Wildman–Crippen LogP) is 6.46. The van der Waals surface area contributed by atoms with E-state index in [1.54, 1.807) is 18.6 Å². The molecule has 7 rings (SSSR count). The Morgan fingerprint density at radius 3 is 2.58 bits per heavy atom. The van der Waals surface area contributed by atoms with Crippen molar-refractivity contribution in [3.05, 3.63) is 49.2 Å². The molecule has 0 atom stereocenters. The maximum absolute atomic E-state index is 12.7. The largest absolute Gasteiger partial charge is 0.370 e. The van der Waals surface area contributed by atoms with E-state index >= 15 is 0 Å². The topological polar surface area (TPSA) is 115 Å². The monoisotopic (exact) mass is 534 g/mol. The quantitative estimate of drug-likeness (QED) is 0.230. The van der Waals surface area contributed by atoms with E-state index in [4.69, 9.17) is 0 Å². The number of H-pyrrole nitrogens is 2. The van der Waals surface area contributed by atoms with Crippen molar-refractivity contribution in [3.63, 3.8) is 0 Å². The zero-order valence-corrected chi connectivity index (χ0v) is 22.6. The van der Waals surface area contributed by atoms with E-state index in [0.29, 0.717) is 18.0 Å².